The molecule has 242 valence electrons. The number of benzene rings is 1. The molecule has 2 aromatic heterocycles. The van der Waals surface area contributed by atoms with Crippen molar-refractivity contribution in [3.63, 3.8) is 0 Å². The van der Waals surface area contributed by atoms with E-state index in [2.05, 4.69) is 36.2 Å². The van der Waals surface area contributed by atoms with Crippen molar-refractivity contribution in [1.29, 1.82) is 0 Å². The highest BCUT2D eigenvalue weighted by atomic mass is 79.9. The third-order valence-corrected chi connectivity index (χ3v) is 9.96. The number of aryl methyl sites for hydroxylation is 1. The number of nitrogens with two attached hydrogens (primary N) is 1. The molecule has 14 heteroatoms. The highest BCUT2D eigenvalue weighted by molar-refractivity contribution is 9.10. The first-order chi connectivity index (χ1) is 21.4. The number of rotatable bonds is 13. The van der Waals surface area contributed by atoms with Gasteiger partial charge in [-0.2, -0.15) is 8.42 Å². The number of hydrogen-bond donors (Lipinski definition) is 3. The number of hydrogen-bond acceptors (Lipinski definition) is 10. The fourth-order valence-corrected chi connectivity index (χ4v) is 7.54. The van der Waals surface area contributed by atoms with E-state index >= 15 is 0 Å². The van der Waals surface area contributed by atoms with Crippen molar-refractivity contribution >= 4 is 49.9 Å². The van der Waals surface area contributed by atoms with E-state index in [0.29, 0.717) is 54.5 Å². The summed E-state index contributed by atoms with van der Waals surface area (Å²) < 4.78 is 33.6. The molecule has 0 radical (unpaired) electrons. The van der Waals surface area contributed by atoms with Crippen LogP contribution in [-0.2, 0) is 28.7 Å². The molecule has 1 fully saturated rings. The van der Waals surface area contributed by atoms with Crippen LogP contribution in [0.3, 0.4) is 0 Å². The predicted octanol–water partition coefficient (Wildman–Crippen LogP) is 4.66. The summed E-state index contributed by atoms with van der Waals surface area (Å²) in [6, 6.07) is 8.02. The van der Waals surface area contributed by atoms with E-state index in [1.807, 2.05) is 13.8 Å². The monoisotopic (exact) mass is 702 g/mol. The molecule has 45 heavy (non-hydrogen) atoms. The Morgan fingerprint density at radius 3 is 2.64 bits per heavy atom. The van der Waals surface area contributed by atoms with E-state index in [0.717, 1.165) is 17.7 Å². The van der Waals surface area contributed by atoms with E-state index in [9.17, 15) is 22.8 Å². The van der Waals surface area contributed by atoms with Crippen LogP contribution in [0.5, 0.6) is 0 Å². The summed E-state index contributed by atoms with van der Waals surface area (Å²) in [6.45, 7) is 6.24. The molecule has 3 heterocycles. The first kappa shape index (κ1) is 34.4. The van der Waals surface area contributed by atoms with E-state index < -0.39 is 32.6 Å². The number of halogens is 1. The smallest absolute Gasteiger partial charge is 0.348 e. The third-order valence-electron chi connectivity index (χ3n) is 8.27. The van der Waals surface area contributed by atoms with Crippen LogP contribution in [0.25, 0.3) is 11.3 Å². The zero-order chi connectivity index (χ0) is 32.8. The summed E-state index contributed by atoms with van der Waals surface area (Å²) >= 11 is 3.36. The second-order valence-corrected chi connectivity index (χ2v) is 13.6. The minimum atomic E-state index is -4.82. The van der Waals surface area contributed by atoms with Gasteiger partial charge in [0.1, 0.15) is 11.2 Å². The van der Waals surface area contributed by atoms with Gasteiger partial charge in [0, 0.05) is 53.8 Å². The number of aromatic nitrogens is 3. The maximum absolute atomic E-state index is 14.0. The lowest BCUT2D eigenvalue weighted by molar-refractivity contribution is -0.153. The van der Waals surface area contributed by atoms with Crippen LogP contribution in [0.15, 0.2) is 52.2 Å². The standard InChI is InChI=1S/C31H39BrN6O6S/c1-4-21-17-31(33,38(13-9-6-10-14-39)18-24(21)28-20(3)35-19-36-28)30(41)44-45(42,43)26-16-22(32)15-23(25-11-7-8-12-34-25)29(26)37-27(40)5-2/h7-8,11-12,14-16,19,21,24H,4-6,9-10,13,17-18,33H2,1-3H3,(H,35,36)(H,37,40). The Morgan fingerprint density at radius 1 is 1.24 bits per heavy atom. The van der Waals surface area contributed by atoms with Crippen LogP contribution in [0, 0.1) is 12.8 Å². The van der Waals surface area contributed by atoms with Crippen molar-refractivity contribution < 1.29 is 27.0 Å². The third kappa shape index (κ3) is 7.68. The molecule has 1 aliphatic heterocycles. The van der Waals surface area contributed by atoms with E-state index in [-0.39, 0.29) is 30.4 Å². The number of piperidine rings is 1. The SMILES string of the molecule is CCC(=O)Nc1c(-c2ccccn2)cc(Br)cc1S(=O)(=O)OC(=O)C1(N)CC(CC)C(c2nc[nH]c2C)CN1CCCCC=O. The molecular formula is C31H39BrN6O6S. The van der Waals surface area contributed by atoms with Gasteiger partial charge in [-0.05, 0) is 56.4 Å². The lowest BCUT2D eigenvalue weighted by Gasteiger charge is -2.48. The van der Waals surface area contributed by atoms with Crippen LogP contribution >= 0.6 is 15.9 Å². The molecule has 0 spiro atoms. The molecule has 0 aliphatic carbocycles. The number of nitrogens with zero attached hydrogens (tertiary/aromatic N) is 3. The summed E-state index contributed by atoms with van der Waals surface area (Å²) in [6.07, 6.45) is 6.39. The summed E-state index contributed by atoms with van der Waals surface area (Å²) in [7, 11) is -4.82. The molecule has 3 atom stereocenters. The highest BCUT2D eigenvalue weighted by Gasteiger charge is 2.51. The van der Waals surface area contributed by atoms with Gasteiger partial charge < -0.3 is 25.0 Å². The fourth-order valence-electron chi connectivity index (χ4n) is 5.81. The Kier molecular flexibility index (Phi) is 11.3. The summed E-state index contributed by atoms with van der Waals surface area (Å²) in [5, 5.41) is 2.66. The number of aromatic amines is 1. The Hall–Kier alpha value is -3.46. The summed E-state index contributed by atoms with van der Waals surface area (Å²) in [4.78, 5) is 50.8. The van der Waals surface area contributed by atoms with E-state index in [4.69, 9.17) is 9.92 Å². The van der Waals surface area contributed by atoms with Crippen molar-refractivity contribution in [3.8, 4) is 11.3 Å². The minimum Gasteiger partial charge on any atom is -0.348 e. The minimum absolute atomic E-state index is 0.0579. The normalized spacial score (nSPS) is 20.5. The zero-order valence-electron chi connectivity index (χ0n) is 25.6. The average Bonchev–Trinajstić information content (AvgIpc) is 3.45. The van der Waals surface area contributed by atoms with Crippen molar-refractivity contribution in [2.24, 2.45) is 11.7 Å². The molecule has 1 saturated heterocycles. The molecule has 4 N–H and O–H groups in total. The summed E-state index contributed by atoms with van der Waals surface area (Å²) in [5.74, 6) is -1.72. The Morgan fingerprint density at radius 2 is 2.02 bits per heavy atom. The summed E-state index contributed by atoms with van der Waals surface area (Å²) in [5.41, 5.74) is 7.53. The molecule has 3 unspecified atom stereocenters. The Bertz CT molecular complexity index is 1630. The molecule has 1 aliphatic rings. The largest absolute Gasteiger partial charge is 0.357 e. The number of H-pyrrole nitrogens is 1. The first-order valence-electron chi connectivity index (χ1n) is 15.0. The molecule has 1 amide bonds. The number of carbonyl (C=O) groups excluding carboxylic acids is 3. The van der Waals surface area contributed by atoms with Gasteiger partial charge in [0.2, 0.25) is 5.91 Å². The quantitative estimate of drug-likeness (QED) is 0.129. The number of likely N-dealkylation sites (tertiary alicyclic amines) is 1. The van der Waals surface area contributed by atoms with Gasteiger partial charge in [-0.25, -0.2) is 9.78 Å². The topological polar surface area (TPSA) is 177 Å². The molecule has 12 nitrogen and oxygen atoms in total. The molecule has 1 aromatic carbocycles. The van der Waals surface area contributed by atoms with Crippen LogP contribution in [0.2, 0.25) is 0 Å². The van der Waals surface area contributed by atoms with E-state index in [1.165, 1.54) is 6.07 Å². The molecule has 0 bridgehead atoms. The number of pyridine rings is 1. The van der Waals surface area contributed by atoms with Crippen LogP contribution in [-0.4, -0.2) is 65.2 Å². The van der Waals surface area contributed by atoms with Gasteiger partial charge in [0.05, 0.1) is 23.4 Å². The van der Waals surface area contributed by atoms with Crippen molar-refractivity contribution in [2.75, 3.05) is 18.4 Å². The number of amides is 1. The van der Waals surface area contributed by atoms with Crippen molar-refractivity contribution in [1.82, 2.24) is 19.9 Å². The van der Waals surface area contributed by atoms with Gasteiger partial charge >= 0.3 is 16.1 Å². The fraction of sp³-hybridized carbons (Fsp3) is 0.452. The lowest BCUT2D eigenvalue weighted by Crippen LogP contribution is -2.67. The number of unbranched alkanes of at least 4 members (excludes halogenated alkanes) is 2. The van der Waals surface area contributed by atoms with Gasteiger partial charge in [0.25, 0.3) is 0 Å². The molecular weight excluding hydrogens is 664 g/mol. The number of carbonyl (C=O) groups is 3. The maximum Gasteiger partial charge on any atom is 0.357 e. The second-order valence-electron chi connectivity index (χ2n) is 11.2. The molecule has 0 saturated carbocycles. The number of imidazole rings is 1. The average molecular weight is 704 g/mol. The number of aldehydes is 1. The van der Waals surface area contributed by atoms with Gasteiger partial charge in [-0.15, -0.1) is 0 Å². The Labute approximate surface area is 271 Å². The van der Waals surface area contributed by atoms with Crippen LogP contribution in [0.1, 0.15) is 69.7 Å². The van der Waals surface area contributed by atoms with Crippen LogP contribution in [0.4, 0.5) is 5.69 Å². The van der Waals surface area contributed by atoms with Gasteiger partial charge in [0.15, 0.2) is 5.66 Å². The zero-order valence-corrected chi connectivity index (χ0v) is 28.0. The highest BCUT2D eigenvalue weighted by Crippen LogP contribution is 2.42. The second kappa shape index (κ2) is 14.8. The van der Waals surface area contributed by atoms with Crippen LogP contribution < -0.4 is 11.1 Å². The number of anilines is 1. The first-order valence-corrected chi connectivity index (χ1v) is 17.2. The molecule has 4 rings (SSSR count). The number of nitrogens with one attached hydrogen (secondary N) is 2. The van der Waals surface area contributed by atoms with Crippen molar-refractivity contribution in [2.45, 2.75) is 75.8 Å². The Balaban J connectivity index is 1.73. The van der Waals surface area contributed by atoms with Gasteiger partial charge in [-0.1, -0.05) is 42.3 Å². The van der Waals surface area contributed by atoms with Crippen molar-refractivity contribution in [3.05, 3.63) is 58.7 Å². The lowest BCUT2D eigenvalue weighted by atomic mass is 9.75. The van der Waals surface area contributed by atoms with E-state index in [1.54, 1.807) is 48.6 Å². The van der Waals surface area contributed by atoms with Gasteiger partial charge in [-0.3, -0.25) is 14.7 Å². The molecule has 3 aromatic rings. The maximum atomic E-state index is 14.0. The predicted molar refractivity (Wildman–Crippen MR) is 172 cm³/mol.